The molecule has 1 aromatic rings. The Hall–Kier alpha value is -7.60. The molecule has 1 heterocycles. The van der Waals surface area contributed by atoms with Crippen LogP contribution in [0.4, 0.5) is 0 Å². The zero-order valence-corrected chi connectivity index (χ0v) is 48.3. The number of nitrogens with one attached hydrogen (secondary N) is 1. The summed E-state index contributed by atoms with van der Waals surface area (Å²) in [5.74, 6) is 58.4. The van der Waals surface area contributed by atoms with Crippen LogP contribution < -0.4 is 11.1 Å². The van der Waals surface area contributed by atoms with E-state index in [-0.39, 0.29) is 39.3 Å². The van der Waals surface area contributed by atoms with Gasteiger partial charge in [0.05, 0.1) is 84.6 Å². The van der Waals surface area contributed by atoms with E-state index in [1.807, 2.05) is 18.2 Å². The number of rotatable bonds is 38. The average molecular weight is 1150 g/mol. The lowest BCUT2D eigenvalue weighted by Gasteiger charge is -2.42. The van der Waals surface area contributed by atoms with Crippen LogP contribution in [-0.2, 0) is 54.1 Å². The second-order valence-corrected chi connectivity index (χ2v) is 18.2. The van der Waals surface area contributed by atoms with Crippen LogP contribution in [0, 0.1) is 142 Å². The number of unbranched alkanes of at least 4 members (excludes halogenated alkanes) is 11. The van der Waals surface area contributed by atoms with Crippen molar-refractivity contribution >= 4 is 11.9 Å². The van der Waals surface area contributed by atoms with Gasteiger partial charge in [0, 0.05) is 48.0 Å². The Labute approximate surface area is 498 Å². The van der Waals surface area contributed by atoms with Crippen molar-refractivity contribution in [3.63, 3.8) is 0 Å². The molecular weight excluding hydrogens is 1070 g/mol. The van der Waals surface area contributed by atoms with Crippen molar-refractivity contribution < 1.29 is 67.9 Å². The highest BCUT2D eigenvalue weighted by Crippen LogP contribution is 2.27. The summed E-state index contributed by atoms with van der Waals surface area (Å²) >= 11 is 0. The predicted octanol–water partition coefficient (Wildman–Crippen LogP) is 3.35. The van der Waals surface area contributed by atoms with Crippen LogP contribution >= 0.6 is 0 Å². The zero-order chi connectivity index (χ0) is 60.6. The number of nitrogens with two attached hydrogens (primary N) is 1. The van der Waals surface area contributed by atoms with Gasteiger partial charge >= 0.3 is 5.97 Å². The first-order chi connectivity index (χ1) is 41.2. The Morgan fingerprint density at radius 1 is 0.583 bits per heavy atom. The zero-order valence-electron chi connectivity index (χ0n) is 48.3. The third kappa shape index (κ3) is 39.0. The molecule has 8 atom stereocenters. The van der Waals surface area contributed by atoms with E-state index >= 15 is 0 Å². The van der Waals surface area contributed by atoms with Gasteiger partial charge in [0.2, 0.25) is 0 Å². The number of hydrogen-bond acceptors (Lipinski definition) is 15. The van der Waals surface area contributed by atoms with Crippen molar-refractivity contribution in [1.29, 1.82) is 0 Å². The lowest BCUT2D eigenvalue weighted by atomic mass is 9.98. The standard InChI is InChI=1S/C68H78N2O14/c1-3-5-7-9-11-13-15-17-18-19-20-21-22-23-24-25-26-27-29-31-33-35-40-44-62(72)70-59(64(74)60(71)43-39-34-32-30-28-16-14-12-10-8-6-4-2)56-83-68-67(82-55-58-41-37-36-38-42-58)66(76)65(75)61(84-68)57-81-63(73)45-47-77-49-51-79-53-54-80-52-50-78-48-46-69/h36-38,41-42,59-61,64-68,71,74-76H,4,6,8,10,12,14,16,28,30,32,34,39,43,45-57,69H2,1-2H3,(H,70,72)/t59-,60+,61?,64-,65-,66-,67?,68-/m0/s1. The summed E-state index contributed by atoms with van der Waals surface area (Å²) in [7, 11) is 0. The fourth-order valence-corrected chi connectivity index (χ4v) is 7.41. The number of carbonyl (C=O) groups excluding carboxylic acids is 2. The Morgan fingerprint density at radius 2 is 1.04 bits per heavy atom. The maximum atomic E-state index is 13.2. The van der Waals surface area contributed by atoms with Crippen molar-refractivity contribution in [3.8, 4) is 142 Å². The SMILES string of the molecule is CC#CC#CC#CC#CC#CC#CC#CC#CC#CC#CC#CC#CC(=O)N[C@@H](CO[C@H]1OC(COC(=O)CCOCCOCCOCCOCCN)[C@H](O)[C@H](O)C1OCc1ccccc1)[C@H](O)[C@H](O)CCCCCCCCCCCCCC. The summed E-state index contributed by atoms with van der Waals surface area (Å²) in [5.41, 5.74) is 6.13. The molecule has 0 aromatic heterocycles. The number of carbonyl (C=O) groups is 2. The lowest BCUT2D eigenvalue weighted by Crippen LogP contribution is -2.61. The van der Waals surface area contributed by atoms with Crippen LogP contribution in [0.2, 0.25) is 0 Å². The van der Waals surface area contributed by atoms with Gasteiger partial charge in [-0.25, -0.2) is 0 Å². The van der Waals surface area contributed by atoms with E-state index in [1.54, 1.807) is 19.1 Å². The van der Waals surface area contributed by atoms with Gasteiger partial charge in [-0.15, -0.1) is 0 Å². The van der Waals surface area contributed by atoms with Crippen LogP contribution in [0.1, 0.15) is 109 Å². The van der Waals surface area contributed by atoms with Gasteiger partial charge in [0.25, 0.3) is 5.91 Å². The quantitative estimate of drug-likeness (QED) is 0.0317. The summed E-state index contributed by atoms with van der Waals surface area (Å²) in [6.45, 7) is 5.98. The summed E-state index contributed by atoms with van der Waals surface area (Å²) in [5, 5.41) is 48.1. The highest BCUT2D eigenvalue weighted by atomic mass is 16.7. The Morgan fingerprint density at radius 3 is 1.52 bits per heavy atom. The monoisotopic (exact) mass is 1150 g/mol. The van der Waals surface area contributed by atoms with E-state index in [4.69, 9.17) is 43.6 Å². The second-order valence-electron chi connectivity index (χ2n) is 18.2. The number of hydrogen-bond donors (Lipinski definition) is 6. The van der Waals surface area contributed by atoms with Gasteiger partial charge in [0.1, 0.15) is 37.1 Å². The molecule has 1 aliphatic heterocycles. The molecule has 0 radical (unpaired) electrons. The normalized spacial score (nSPS) is 16.0. The maximum absolute atomic E-state index is 13.2. The first-order valence-corrected chi connectivity index (χ1v) is 28.3. The van der Waals surface area contributed by atoms with E-state index in [2.05, 4.69) is 154 Å². The fraction of sp³-hybridized carbons (Fsp3) is 0.529. The number of ether oxygens (including phenoxy) is 8. The van der Waals surface area contributed by atoms with E-state index < -0.39 is 74.0 Å². The van der Waals surface area contributed by atoms with Crippen molar-refractivity contribution in [2.24, 2.45) is 5.73 Å². The van der Waals surface area contributed by atoms with Crippen LogP contribution in [0.3, 0.4) is 0 Å². The molecule has 7 N–H and O–H groups in total. The van der Waals surface area contributed by atoms with Crippen molar-refractivity contribution in [3.05, 3.63) is 35.9 Å². The van der Waals surface area contributed by atoms with Gasteiger partial charge in [0.15, 0.2) is 6.29 Å². The number of benzene rings is 1. The molecule has 1 fully saturated rings. The van der Waals surface area contributed by atoms with Crippen molar-refractivity contribution in [1.82, 2.24) is 5.32 Å². The molecule has 0 saturated carbocycles. The second kappa shape index (κ2) is 52.2. The van der Waals surface area contributed by atoms with Crippen LogP contribution in [0.5, 0.6) is 0 Å². The van der Waals surface area contributed by atoms with Gasteiger partial charge in [-0.3, -0.25) is 9.59 Å². The Balaban J connectivity index is 2.12. The molecular formula is C68H78N2O14. The van der Waals surface area contributed by atoms with Gasteiger partial charge < -0.3 is 69.4 Å². The van der Waals surface area contributed by atoms with E-state index in [0.717, 1.165) is 31.2 Å². The topological polar surface area (TPSA) is 227 Å². The summed E-state index contributed by atoms with van der Waals surface area (Å²) in [6, 6.07) is 7.78. The molecule has 444 valence electrons. The molecule has 1 aromatic carbocycles. The van der Waals surface area contributed by atoms with Gasteiger partial charge in [-0.05, 0) is 114 Å². The Kier molecular flexibility index (Phi) is 45.1. The smallest absolute Gasteiger partial charge is 0.308 e. The molecule has 2 unspecified atom stereocenters. The summed E-state index contributed by atoms with van der Waals surface area (Å²) in [4.78, 5) is 26.0. The molecule has 16 heteroatoms. The van der Waals surface area contributed by atoms with Crippen LogP contribution in [-0.4, -0.2) is 154 Å². The highest BCUT2D eigenvalue weighted by Gasteiger charge is 2.47. The minimum Gasteiger partial charge on any atom is -0.463 e. The lowest BCUT2D eigenvalue weighted by molar-refractivity contribution is -0.314. The van der Waals surface area contributed by atoms with Gasteiger partial charge in [-0.2, -0.15) is 0 Å². The number of aliphatic hydroxyl groups excluding tert-OH is 4. The molecule has 0 bridgehead atoms. The fourth-order valence-electron chi connectivity index (χ4n) is 7.41. The minimum absolute atomic E-state index is 0.0176. The maximum Gasteiger partial charge on any atom is 0.308 e. The first-order valence-electron chi connectivity index (χ1n) is 28.3. The van der Waals surface area contributed by atoms with Crippen molar-refractivity contribution in [2.75, 3.05) is 72.6 Å². The molecule has 1 amide bonds. The minimum atomic E-state index is -1.61. The third-order valence-electron chi connectivity index (χ3n) is 11.7. The molecule has 84 heavy (non-hydrogen) atoms. The molecule has 1 aliphatic rings. The number of aliphatic hydroxyl groups is 4. The molecule has 0 aliphatic carbocycles. The molecule has 0 spiro atoms. The first kappa shape index (κ1) is 72.5. The van der Waals surface area contributed by atoms with E-state index in [9.17, 15) is 30.0 Å². The number of esters is 1. The highest BCUT2D eigenvalue weighted by molar-refractivity contribution is 5.94. The molecule has 2 rings (SSSR count). The number of amides is 1. The third-order valence-corrected chi connectivity index (χ3v) is 11.7. The predicted molar refractivity (Wildman–Crippen MR) is 318 cm³/mol. The van der Waals surface area contributed by atoms with E-state index in [0.29, 0.717) is 46.0 Å². The van der Waals surface area contributed by atoms with E-state index in [1.165, 1.54) is 44.9 Å². The molecule has 16 nitrogen and oxygen atoms in total. The Bertz CT molecular complexity index is 2880. The molecule has 1 saturated heterocycles. The van der Waals surface area contributed by atoms with Crippen molar-refractivity contribution in [2.45, 2.75) is 159 Å². The van der Waals surface area contributed by atoms with Crippen LogP contribution in [0.15, 0.2) is 30.3 Å². The largest absolute Gasteiger partial charge is 0.463 e. The van der Waals surface area contributed by atoms with Gasteiger partial charge in [-0.1, -0.05) is 120 Å². The summed E-state index contributed by atoms with van der Waals surface area (Å²) in [6.07, 6.45) is 3.49. The summed E-state index contributed by atoms with van der Waals surface area (Å²) < 4.78 is 45.4. The average Bonchev–Trinajstić information content (AvgIpc) is 3.70. The van der Waals surface area contributed by atoms with Crippen LogP contribution in [0.25, 0.3) is 0 Å².